The predicted octanol–water partition coefficient (Wildman–Crippen LogP) is 2.30. The maximum absolute atomic E-state index is 10.3. The van der Waals surface area contributed by atoms with Crippen molar-refractivity contribution in [1.82, 2.24) is 0 Å². The molecule has 110 valence electrons. The summed E-state index contributed by atoms with van der Waals surface area (Å²) in [6.45, 7) is 1.78. The number of rotatable bonds is 5. The number of aliphatic hydroxyl groups excluding tert-OH is 2. The zero-order valence-corrected chi connectivity index (χ0v) is 11.1. The Morgan fingerprint density at radius 3 is 1.65 bits per heavy atom. The molecule has 0 heterocycles. The number of allylic oxidation sites excluding steroid dienone is 1. The number of unbranched alkanes of at least 4 members (excludes halogenated alkanes) is 1. The van der Waals surface area contributed by atoms with E-state index in [-0.39, 0.29) is 23.5 Å². The first-order valence-corrected chi connectivity index (χ1v) is 5.97. The number of carbonyl (C=O) groups is 2. The molecule has 4 N–H and O–H groups in total. The van der Waals surface area contributed by atoms with E-state index in [2.05, 4.69) is 0 Å². The Morgan fingerprint density at radius 2 is 1.40 bits per heavy atom. The number of hydrogen-bond donors (Lipinski definition) is 4. The third kappa shape index (κ3) is 7.17. The minimum atomic E-state index is -1.06. The quantitative estimate of drug-likeness (QED) is 0.616. The molecule has 0 aliphatic heterocycles. The van der Waals surface area contributed by atoms with E-state index in [9.17, 15) is 9.59 Å². The topological polar surface area (TPSA) is 115 Å². The van der Waals surface area contributed by atoms with Crippen LogP contribution in [0.4, 0.5) is 0 Å². The van der Waals surface area contributed by atoms with Crippen molar-refractivity contribution in [1.29, 1.82) is 0 Å². The van der Waals surface area contributed by atoms with E-state index in [1.807, 2.05) is 6.92 Å². The Morgan fingerprint density at radius 1 is 1.00 bits per heavy atom. The summed E-state index contributed by atoms with van der Waals surface area (Å²) in [5, 5.41) is 33.8. The van der Waals surface area contributed by atoms with Crippen LogP contribution in [0.1, 0.15) is 40.5 Å². The van der Waals surface area contributed by atoms with Gasteiger partial charge in [-0.3, -0.25) is 0 Å². The maximum atomic E-state index is 10.3. The molecule has 20 heavy (non-hydrogen) atoms. The first-order chi connectivity index (χ1) is 9.42. The Labute approximate surface area is 116 Å². The summed E-state index contributed by atoms with van der Waals surface area (Å²) in [4.78, 5) is 20.7. The fraction of sp³-hybridized carbons (Fsp3) is 0.286. The Balaban J connectivity index is 0.000000396. The normalized spacial score (nSPS) is 10.4. The van der Waals surface area contributed by atoms with E-state index < -0.39 is 11.9 Å². The van der Waals surface area contributed by atoms with Gasteiger partial charge in [-0.1, -0.05) is 13.3 Å². The van der Waals surface area contributed by atoms with E-state index in [1.165, 1.54) is 24.3 Å². The first-order valence-electron chi connectivity index (χ1n) is 5.97. The van der Waals surface area contributed by atoms with Crippen molar-refractivity contribution < 1.29 is 30.0 Å². The van der Waals surface area contributed by atoms with Gasteiger partial charge in [-0.2, -0.15) is 0 Å². The molecule has 0 atom stereocenters. The molecule has 0 spiro atoms. The second-order valence-electron chi connectivity index (χ2n) is 3.83. The summed E-state index contributed by atoms with van der Waals surface area (Å²) < 4.78 is 0. The molecule has 0 saturated heterocycles. The van der Waals surface area contributed by atoms with E-state index in [0.717, 1.165) is 12.8 Å². The number of aromatic carboxylic acids is 2. The van der Waals surface area contributed by atoms with Crippen LogP contribution in [0.15, 0.2) is 36.1 Å². The lowest BCUT2D eigenvalue weighted by molar-refractivity contribution is 0.0681. The Bertz CT molecular complexity index is 428. The molecule has 0 saturated carbocycles. The number of aliphatic hydroxyl groups is 2. The lowest BCUT2D eigenvalue weighted by Crippen LogP contribution is -1.99. The molecule has 0 amide bonds. The lowest BCUT2D eigenvalue weighted by Gasteiger charge is -1.94. The van der Waals surface area contributed by atoms with E-state index in [4.69, 9.17) is 20.4 Å². The number of hydrogen-bond acceptors (Lipinski definition) is 4. The molecule has 6 heteroatoms. The molecule has 0 aliphatic carbocycles. The van der Waals surface area contributed by atoms with Gasteiger partial charge < -0.3 is 20.4 Å². The number of carboxylic acids is 2. The third-order valence-corrected chi connectivity index (χ3v) is 2.21. The van der Waals surface area contributed by atoms with E-state index in [0.29, 0.717) is 0 Å². The largest absolute Gasteiger partial charge is 0.510 e. The van der Waals surface area contributed by atoms with E-state index in [1.54, 1.807) is 6.08 Å². The van der Waals surface area contributed by atoms with Crippen molar-refractivity contribution in [3.05, 3.63) is 47.2 Å². The van der Waals surface area contributed by atoms with Crippen LogP contribution >= 0.6 is 0 Å². The summed E-state index contributed by atoms with van der Waals surface area (Å²) in [6.07, 6.45) is 3.47. The van der Waals surface area contributed by atoms with Crippen molar-refractivity contribution in [2.45, 2.75) is 19.8 Å². The minimum Gasteiger partial charge on any atom is -0.510 e. The fourth-order valence-electron chi connectivity index (χ4n) is 1.13. The van der Waals surface area contributed by atoms with Gasteiger partial charge in [0.15, 0.2) is 0 Å². The van der Waals surface area contributed by atoms with Gasteiger partial charge in [0, 0.05) is 0 Å². The second kappa shape index (κ2) is 9.57. The molecule has 0 radical (unpaired) electrons. The van der Waals surface area contributed by atoms with Crippen LogP contribution in [0.5, 0.6) is 0 Å². The third-order valence-electron chi connectivity index (χ3n) is 2.21. The molecule has 0 aromatic heterocycles. The molecule has 0 aliphatic rings. The summed E-state index contributed by atoms with van der Waals surface area (Å²) in [5.41, 5.74) is 0.167. The van der Waals surface area contributed by atoms with Crippen molar-refractivity contribution >= 4 is 11.9 Å². The molecular formula is C14H18O6. The van der Waals surface area contributed by atoms with Gasteiger partial charge in [0.2, 0.25) is 0 Å². The second-order valence-corrected chi connectivity index (χ2v) is 3.83. The SMILES string of the molecule is CCCC=C(O)CO.O=C(O)c1ccc(C(=O)O)cc1. The van der Waals surface area contributed by atoms with Crippen LogP contribution in [0, 0.1) is 0 Å². The van der Waals surface area contributed by atoms with Crippen LogP contribution in [-0.4, -0.2) is 39.0 Å². The monoisotopic (exact) mass is 282 g/mol. The smallest absolute Gasteiger partial charge is 0.335 e. The molecule has 1 aromatic rings. The van der Waals surface area contributed by atoms with E-state index >= 15 is 0 Å². The highest BCUT2D eigenvalue weighted by atomic mass is 16.4. The van der Waals surface area contributed by atoms with Crippen molar-refractivity contribution in [2.75, 3.05) is 6.61 Å². The van der Waals surface area contributed by atoms with Gasteiger partial charge in [0.05, 0.1) is 17.7 Å². The first kappa shape index (κ1) is 17.7. The molecule has 1 rings (SSSR count). The van der Waals surface area contributed by atoms with Gasteiger partial charge in [-0.05, 0) is 36.8 Å². The Hall–Kier alpha value is -2.34. The minimum absolute atomic E-state index is 0.0758. The molecule has 0 unspecified atom stereocenters. The zero-order valence-electron chi connectivity index (χ0n) is 11.1. The fourth-order valence-corrected chi connectivity index (χ4v) is 1.13. The van der Waals surface area contributed by atoms with Gasteiger partial charge in [0.1, 0.15) is 5.76 Å². The van der Waals surface area contributed by atoms with Crippen molar-refractivity contribution in [2.24, 2.45) is 0 Å². The van der Waals surface area contributed by atoms with Gasteiger partial charge in [0.25, 0.3) is 0 Å². The average molecular weight is 282 g/mol. The van der Waals surface area contributed by atoms with Crippen LogP contribution in [0.3, 0.4) is 0 Å². The summed E-state index contributed by atoms with van der Waals surface area (Å²) in [6, 6.07) is 5.02. The maximum Gasteiger partial charge on any atom is 0.335 e. The summed E-state index contributed by atoms with van der Waals surface area (Å²) in [5.74, 6) is -2.05. The zero-order chi connectivity index (χ0) is 15.5. The van der Waals surface area contributed by atoms with Crippen LogP contribution in [-0.2, 0) is 0 Å². The van der Waals surface area contributed by atoms with Crippen LogP contribution < -0.4 is 0 Å². The van der Waals surface area contributed by atoms with Crippen LogP contribution in [0.25, 0.3) is 0 Å². The predicted molar refractivity (Wildman–Crippen MR) is 73.1 cm³/mol. The highest BCUT2D eigenvalue weighted by Crippen LogP contribution is 2.03. The highest BCUT2D eigenvalue weighted by Gasteiger charge is 2.04. The molecular weight excluding hydrogens is 264 g/mol. The molecule has 0 bridgehead atoms. The van der Waals surface area contributed by atoms with Crippen molar-refractivity contribution in [3.63, 3.8) is 0 Å². The van der Waals surface area contributed by atoms with Crippen LogP contribution in [0.2, 0.25) is 0 Å². The average Bonchev–Trinajstić information content (AvgIpc) is 2.45. The molecule has 1 aromatic carbocycles. The number of carboxylic acid groups (broad SMARTS) is 2. The van der Waals surface area contributed by atoms with Gasteiger partial charge in [-0.25, -0.2) is 9.59 Å². The Kier molecular flexibility index (Phi) is 8.45. The van der Waals surface area contributed by atoms with Gasteiger partial charge in [-0.15, -0.1) is 0 Å². The standard InChI is InChI=1S/C8H6O4.C6H12O2/c9-7(10)5-1-2-6(4-3-5)8(11)12;1-2-3-4-6(8)5-7/h1-4H,(H,9,10)(H,11,12);4,7-8H,2-3,5H2,1H3. The highest BCUT2D eigenvalue weighted by molar-refractivity contribution is 5.91. The summed E-state index contributed by atoms with van der Waals surface area (Å²) >= 11 is 0. The van der Waals surface area contributed by atoms with Crippen molar-refractivity contribution in [3.8, 4) is 0 Å². The summed E-state index contributed by atoms with van der Waals surface area (Å²) in [7, 11) is 0. The van der Waals surface area contributed by atoms with Gasteiger partial charge >= 0.3 is 11.9 Å². The molecule has 6 nitrogen and oxygen atoms in total. The molecule has 0 fully saturated rings. The number of benzene rings is 1. The lowest BCUT2D eigenvalue weighted by atomic mass is 10.1.